The molecule has 4 nitrogen and oxygen atoms in total. The number of aromatic nitrogens is 1. The van der Waals surface area contributed by atoms with Crippen LogP contribution in [0.25, 0.3) is 0 Å². The summed E-state index contributed by atoms with van der Waals surface area (Å²) < 4.78 is 10.6. The predicted octanol–water partition coefficient (Wildman–Crippen LogP) is 3.39. The second-order valence-electron chi connectivity index (χ2n) is 4.16. The number of rotatable bonds is 5. The van der Waals surface area contributed by atoms with Crippen LogP contribution >= 0.6 is 11.3 Å². The molecule has 2 aromatic rings. The van der Waals surface area contributed by atoms with Gasteiger partial charge in [-0.25, -0.2) is 4.98 Å². The van der Waals surface area contributed by atoms with Crippen LogP contribution in [0.4, 0.5) is 5.69 Å². The first-order valence-corrected chi connectivity index (χ1v) is 6.84. The molecule has 1 aromatic heterocycles. The van der Waals surface area contributed by atoms with Crippen LogP contribution in [0.3, 0.4) is 0 Å². The van der Waals surface area contributed by atoms with Crippen molar-refractivity contribution in [3.63, 3.8) is 0 Å². The van der Waals surface area contributed by atoms with Crippen LogP contribution in [0.1, 0.15) is 15.6 Å². The van der Waals surface area contributed by atoms with Crippen molar-refractivity contribution in [1.29, 1.82) is 0 Å². The molecule has 0 saturated heterocycles. The first-order chi connectivity index (χ1) is 9.13. The molecule has 1 N–H and O–H groups in total. The second kappa shape index (κ2) is 5.93. The van der Waals surface area contributed by atoms with Crippen molar-refractivity contribution in [3.05, 3.63) is 33.8 Å². The molecule has 5 heteroatoms. The van der Waals surface area contributed by atoms with Gasteiger partial charge in [0.05, 0.1) is 37.2 Å². The van der Waals surface area contributed by atoms with Gasteiger partial charge in [-0.05, 0) is 26.0 Å². The number of aryl methyl sites for hydroxylation is 2. The standard InChI is InChI=1S/C14H18N2O2S/c1-9-14(19-10(2)16-9)8-15-12-7-11(17-3)5-6-13(12)18-4/h5-7,15H,8H2,1-4H3. The lowest BCUT2D eigenvalue weighted by molar-refractivity contribution is 0.404. The molecule has 0 bridgehead atoms. The molecular weight excluding hydrogens is 260 g/mol. The molecule has 0 amide bonds. The SMILES string of the molecule is COc1ccc(OC)c(NCc2sc(C)nc2C)c1. The quantitative estimate of drug-likeness (QED) is 0.910. The monoisotopic (exact) mass is 278 g/mol. The van der Waals surface area contributed by atoms with Gasteiger partial charge in [0.25, 0.3) is 0 Å². The van der Waals surface area contributed by atoms with Crippen LogP contribution in [0.15, 0.2) is 18.2 Å². The smallest absolute Gasteiger partial charge is 0.142 e. The number of nitrogens with one attached hydrogen (secondary N) is 1. The van der Waals surface area contributed by atoms with Crippen molar-refractivity contribution in [2.45, 2.75) is 20.4 Å². The van der Waals surface area contributed by atoms with Gasteiger partial charge >= 0.3 is 0 Å². The Balaban J connectivity index is 2.16. The highest BCUT2D eigenvalue weighted by molar-refractivity contribution is 7.11. The van der Waals surface area contributed by atoms with Crippen LogP contribution in [0.5, 0.6) is 11.5 Å². The molecule has 0 fully saturated rings. The fourth-order valence-corrected chi connectivity index (χ4v) is 2.74. The van der Waals surface area contributed by atoms with Gasteiger partial charge < -0.3 is 14.8 Å². The Morgan fingerprint density at radius 3 is 2.58 bits per heavy atom. The summed E-state index contributed by atoms with van der Waals surface area (Å²) in [6.07, 6.45) is 0. The Hall–Kier alpha value is -1.75. The van der Waals surface area contributed by atoms with Gasteiger partial charge in [-0.15, -0.1) is 11.3 Å². The summed E-state index contributed by atoms with van der Waals surface area (Å²) in [5.41, 5.74) is 2.00. The third-order valence-electron chi connectivity index (χ3n) is 2.85. The van der Waals surface area contributed by atoms with Crippen molar-refractivity contribution in [3.8, 4) is 11.5 Å². The minimum atomic E-state index is 0.737. The lowest BCUT2D eigenvalue weighted by Gasteiger charge is -2.12. The van der Waals surface area contributed by atoms with E-state index >= 15 is 0 Å². The van der Waals surface area contributed by atoms with E-state index in [0.29, 0.717) is 0 Å². The highest BCUT2D eigenvalue weighted by Crippen LogP contribution is 2.30. The summed E-state index contributed by atoms with van der Waals surface area (Å²) in [6.45, 7) is 4.79. The van der Waals surface area contributed by atoms with E-state index in [2.05, 4.69) is 10.3 Å². The predicted molar refractivity (Wildman–Crippen MR) is 78.5 cm³/mol. The number of anilines is 1. The van der Waals surface area contributed by atoms with E-state index in [1.165, 1.54) is 4.88 Å². The van der Waals surface area contributed by atoms with Gasteiger partial charge in [-0.2, -0.15) is 0 Å². The lowest BCUT2D eigenvalue weighted by Crippen LogP contribution is -2.01. The average molecular weight is 278 g/mol. The maximum Gasteiger partial charge on any atom is 0.142 e. The third kappa shape index (κ3) is 3.17. The zero-order valence-corrected chi connectivity index (χ0v) is 12.4. The van der Waals surface area contributed by atoms with E-state index in [9.17, 15) is 0 Å². The van der Waals surface area contributed by atoms with E-state index < -0.39 is 0 Å². The van der Waals surface area contributed by atoms with Gasteiger partial charge in [-0.1, -0.05) is 0 Å². The normalized spacial score (nSPS) is 10.3. The van der Waals surface area contributed by atoms with Crippen LogP contribution in [0.2, 0.25) is 0 Å². The molecule has 19 heavy (non-hydrogen) atoms. The number of thiazole rings is 1. The largest absolute Gasteiger partial charge is 0.497 e. The minimum absolute atomic E-state index is 0.737. The molecule has 0 radical (unpaired) electrons. The van der Waals surface area contributed by atoms with Gasteiger partial charge in [0, 0.05) is 10.9 Å². The summed E-state index contributed by atoms with van der Waals surface area (Å²) in [5.74, 6) is 1.61. The Labute approximate surface area is 117 Å². The fraction of sp³-hybridized carbons (Fsp3) is 0.357. The topological polar surface area (TPSA) is 43.4 Å². The Kier molecular flexibility index (Phi) is 4.27. The maximum absolute atomic E-state index is 5.34. The summed E-state index contributed by atoms with van der Waals surface area (Å²) in [6, 6.07) is 5.71. The third-order valence-corrected chi connectivity index (χ3v) is 3.92. The number of benzene rings is 1. The molecule has 0 aliphatic heterocycles. The number of hydrogen-bond donors (Lipinski definition) is 1. The highest BCUT2D eigenvalue weighted by atomic mass is 32.1. The van der Waals surface area contributed by atoms with Crippen molar-refractivity contribution >= 4 is 17.0 Å². The minimum Gasteiger partial charge on any atom is -0.497 e. The lowest BCUT2D eigenvalue weighted by atomic mass is 10.2. The van der Waals surface area contributed by atoms with Crippen LogP contribution in [-0.4, -0.2) is 19.2 Å². The summed E-state index contributed by atoms with van der Waals surface area (Å²) >= 11 is 1.71. The van der Waals surface area contributed by atoms with E-state index in [1.54, 1.807) is 25.6 Å². The van der Waals surface area contributed by atoms with E-state index in [1.807, 2.05) is 32.0 Å². The summed E-state index contributed by atoms with van der Waals surface area (Å²) in [7, 11) is 3.32. The molecule has 0 saturated carbocycles. The molecule has 1 heterocycles. The molecule has 102 valence electrons. The fourth-order valence-electron chi connectivity index (χ4n) is 1.87. The van der Waals surface area contributed by atoms with Gasteiger partial charge in [0.2, 0.25) is 0 Å². The van der Waals surface area contributed by atoms with Gasteiger partial charge in [-0.3, -0.25) is 0 Å². The zero-order chi connectivity index (χ0) is 13.8. The van der Waals surface area contributed by atoms with Gasteiger partial charge in [0.1, 0.15) is 11.5 Å². The van der Waals surface area contributed by atoms with Crippen molar-refractivity contribution in [2.75, 3.05) is 19.5 Å². The molecule has 0 spiro atoms. The number of nitrogens with zero attached hydrogens (tertiary/aromatic N) is 1. The zero-order valence-electron chi connectivity index (χ0n) is 11.6. The highest BCUT2D eigenvalue weighted by Gasteiger charge is 2.08. The second-order valence-corrected chi connectivity index (χ2v) is 5.45. The molecule has 2 rings (SSSR count). The summed E-state index contributed by atoms with van der Waals surface area (Å²) in [5, 5.41) is 4.46. The molecule has 0 aliphatic carbocycles. The molecule has 0 atom stereocenters. The first kappa shape index (κ1) is 13.7. The van der Waals surface area contributed by atoms with Crippen LogP contribution in [0, 0.1) is 13.8 Å². The number of hydrogen-bond acceptors (Lipinski definition) is 5. The molecular formula is C14H18N2O2S. The molecule has 0 unspecified atom stereocenters. The summed E-state index contributed by atoms with van der Waals surface area (Å²) in [4.78, 5) is 5.66. The van der Waals surface area contributed by atoms with Crippen molar-refractivity contribution in [1.82, 2.24) is 4.98 Å². The van der Waals surface area contributed by atoms with Crippen LogP contribution < -0.4 is 14.8 Å². The molecule has 0 aliphatic rings. The Morgan fingerprint density at radius 1 is 1.21 bits per heavy atom. The Bertz CT molecular complexity index is 567. The first-order valence-electron chi connectivity index (χ1n) is 6.03. The van der Waals surface area contributed by atoms with Crippen molar-refractivity contribution in [2.24, 2.45) is 0 Å². The van der Waals surface area contributed by atoms with E-state index in [-0.39, 0.29) is 0 Å². The van der Waals surface area contributed by atoms with E-state index in [0.717, 1.165) is 34.4 Å². The van der Waals surface area contributed by atoms with Crippen molar-refractivity contribution < 1.29 is 9.47 Å². The average Bonchev–Trinajstić information content (AvgIpc) is 2.74. The number of methoxy groups -OCH3 is 2. The van der Waals surface area contributed by atoms with Crippen LogP contribution in [-0.2, 0) is 6.54 Å². The van der Waals surface area contributed by atoms with E-state index in [4.69, 9.17) is 9.47 Å². The molecule has 1 aromatic carbocycles. The van der Waals surface area contributed by atoms with Gasteiger partial charge in [0.15, 0.2) is 0 Å². The number of ether oxygens (including phenoxy) is 2. The maximum atomic E-state index is 5.34. The Morgan fingerprint density at radius 2 is 2.00 bits per heavy atom.